The van der Waals surface area contributed by atoms with Crippen LogP contribution in [0.4, 0.5) is 15.0 Å². The zero-order valence-corrected chi connectivity index (χ0v) is 18.4. The third kappa shape index (κ3) is 6.68. The van der Waals surface area contributed by atoms with Gasteiger partial charge in [-0.05, 0) is 54.5 Å². The molecule has 3 rings (SSSR count). The molecule has 7 heteroatoms. The van der Waals surface area contributed by atoms with Crippen molar-refractivity contribution in [1.82, 2.24) is 15.6 Å². The van der Waals surface area contributed by atoms with Crippen LogP contribution in [0.2, 0.25) is 0 Å². The predicted octanol–water partition coefficient (Wildman–Crippen LogP) is 4.54. The van der Waals surface area contributed by atoms with E-state index in [-0.39, 0.29) is 29.3 Å². The van der Waals surface area contributed by atoms with Crippen LogP contribution < -0.4 is 15.5 Å². The first-order valence-corrected chi connectivity index (χ1v) is 10.7. The quantitative estimate of drug-likeness (QED) is 0.740. The molecule has 1 atom stereocenters. The Morgan fingerprint density at radius 3 is 2.45 bits per heavy atom. The fourth-order valence-corrected chi connectivity index (χ4v) is 3.84. The Morgan fingerprint density at radius 1 is 1.23 bits per heavy atom. The molecule has 1 aromatic heterocycles. The number of piperidine rings is 1. The van der Waals surface area contributed by atoms with Gasteiger partial charge in [0.05, 0.1) is 11.6 Å². The molecule has 0 aliphatic carbocycles. The number of anilines is 1. The lowest BCUT2D eigenvalue weighted by Gasteiger charge is -2.34. The number of hydrogen-bond donors (Lipinski definition) is 2. The Bertz CT molecular complexity index is 907. The van der Waals surface area contributed by atoms with E-state index in [1.54, 1.807) is 24.4 Å². The van der Waals surface area contributed by atoms with Crippen molar-refractivity contribution in [3.63, 3.8) is 0 Å². The summed E-state index contributed by atoms with van der Waals surface area (Å²) in [6.45, 7) is 7.93. The van der Waals surface area contributed by atoms with Gasteiger partial charge in [0.25, 0.3) is 0 Å². The van der Waals surface area contributed by atoms with Crippen LogP contribution in [-0.4, -0.2) is 30.1 Å². The van der Waals surface area contributed by atoms with E-state index in [0.717, 1.165) is 43.7 Å². The number of aromatic nitrogens is 1. The zero-order chi connectivity index (χ0) is 22.4. The highest BCUT2D eigenvalue weighted by atomic mass is 19.1. The van der Waals surface area contributed by atoms with E-state index in [2.05, 4.69) is 47.4 Å². The Labute approximate surface area is 183 Å². The molecule has 1 aliphatic rings. The van der Waals surface area contributed by atoms with Crippen LogP contribution in [0, 0.1) is 22.6 Å². The molecule has 0 radical (unpaired) electrons. The lowest BCUT2D eigenvalue weighted by Crippen LogP contribution is -2.49. The van der Waals surface area contributed by atoms with Crippen LogP contribution in [0.25, 0.3) is 0 Å². The van der Waals surface area contributed by atoms with Gasteiger partial charge in [-0.25, -0.2) is 14.2 Å². The summed E-state index contributed by atoms with van der Waals surface area (Å²) in [6.07, 6.45) is 3.96. The average molecular weight is 424 g/mol. The van der Waals surface area contributed by atoms with Crippen molar-refractivity contribution >= 4 is 11.8 Å². The molecule has 2 aromatic rings. The number of halogens is 1. The topological polar surface area (TPSA) is 81.0 Å². The lowest BCUT2D eigenvalue weighted by molar-refractivity contribution is 0.224. The third-order valence-electron chi connectivity index (χ3n) is 5.43. The number of rotatable bonds is 5. The summed E-state index contributed by atoms with van der Waals surface area (Å²) in [7, 11) is 0. The molecule has 2 N–H and O–H groups in total. The van der Waals surface area contributed by atoms with E-state index in [9.17, 15) is 9.18 Å². The highest BCUT2D eigenvalue weighted by molar-refractivity contribution is 5.74. The molecule has 1 aliphatic heterocycles. The summed E-state index contributed by atoms with van der Waals surface area (Å²) in [5, 5.41) is 15.1. The van der Waals surface area contributed by atoms with Gasteiger partial charge in [0.15, 0.2) is 0 Å². The molecule has 0 bridgehead atoms. The maximum absolute atomic E-state index is 13.3. The van der Waals surface area contributed by atoms with E-state index in [0.29, 0.717) is 5.56 Å². The van der Waals surface area contributed by atoms with E-state index in [1.165, 1.54) is 12.1 Å². The SMILES string of the molecule is CC(C)(C)CC(NC(=O)NC1CCN(c2ccc(C#N)cn2)CC1)c1ccc(F)cc1. The van der Waals surface area contributed by atoms with Gasteiger partial charge in [-0.3, -0.25) is 0 Å². The minimum atomic E-state index is -0.286. The van der Waals surface area contributed by atoms with Gasteiger partial charge >= 0.3 is 6.03 Å². The normalized spacial score (nSPS) is 15.8. The van der Waals surface area contributed by atoms with Crippen LogP contribution in [-0.2, 0) is 0 Å². The van der Waals surface area contributed by atoms with Crippen molar-refractivity contribution in [2.75, 3.05) is 18.0 Å². The van der Waals surface area contributed by atoms with Crippen LogP contribution >= 0.6 is 0 Å². The monoisotopic (exact) mass is 423 g/mol. The van der Waals surface area contributed by atoms with Crippen molar-refractivity contribution < 1.29 is 9.18 Å². The van der Waals surface area contributed by atoms with Gasteiger partial charge in [-0.15, -0.1) is 0 Å². The molecule has 2 amide bonds. The second kappa shape index (κ2) is 9.78. The van der Waals surface area contributed by atoms with Crippen molar-refractivity contribution in [1.29, 1.82) is 5.26 Å². The first kappa shape index (κ1) is 22.5. The molecule has 1 aromatic carbocycles. The number of urea groups is 1. The number of benzene rings is 1. The second-order valence-electron chi connectivity index (χ2n) is 9.26. The number of carbonyl (C=O) groups is 1. The highest BCUT2D eigenvalue weighted by Gasteiger charge is 2.25. The minimum absolute atomic E-state index is 0.00572. The Hall–Kier alpha value is -3.14. The fraction of sp³-hybridized carbons (Fsp3) is 0.458. The number of nitrogens with zero attached hydrogens (tertiary/aromatic N) is 3. The number of nitriles is 1. The molecule has 1 unspecified atom stereocenters. The maximum atomic E-state index is 13.3. The Kier molecular flexibility index (Phi) is 7.11. The summed E-state index contributed by atoms with van der Waals surface area (Å²) in [5.41, 5.74) is 1.45. The number of nitrogens with one attached hydrogen (secondary N) is 2. The molecule has 2 heterocycles. The molecule has 1 fully saturated rings. The minimum Gasteiger partial charge on any atom is -0.356 e. The molecular weight excluding hydrogens is 393 g/mol. The molecule has 0 saturated carbocycles. The molecule has 164 valence electrons. The fourth-order valence-electron chi connectivity index (χ4n) is 3.84. The summed E-state index contributed by atoms with van der Waals surface area (Å²) in [6, 6.07) is 11.7. The molecule has 31 heavy (non-hydrogen) atoms. The van der Waals surface area contributed by atoms with Gasteiger partial charge in [0, 0.05) is 25.3 Å². The number of carbonyl (C=O) groups excluding carboxylic acids is 1. The summed E-state index contributed by atoms with van der Waals surface area (Å²) < 4.78 is 13.3. The van der Waals surface area contributed by atoms with Gasteiger partial charge in [-0.2, -0.15) is 5.26 Å². The van der Waals surface area contributed by atoms with Crippen LogP contribution in [0.15, 0.2) is 42.6 Å². The zero-order valence-electron chi connectivity index (χ0n) is 18.4. The number of amides is 2. The molecule has 1 saturated heterocycles. The van der Waals surface area contributed by atoms with Gasteiger partial charge in [0.1, 0.15) is 17.7 Å². The first-order valence-electron chi connectivity index (χ1n) is 10.7. The highest BCUT2D eigenvalue weighted by Crippen LogP contribution is 2.29. The summed E-state index contributed by atoms with van der Waals surface area (Å²) >= 11 is 0. The van der Waals surface area contributed by atoms with Crippen molar-refractivity contribution in [3.8, 4) is 6.07 Å². The van der Waals surface area contributed by atoms with Crippen molar-refractivity contribution in [2.24, 2.45) is 5.41 Å². The Balaban J connectivity index is 1.55. The van der Waals surface area contributed by atoms with Gasteiger partial charge in [0.2, 0.25) is 0 Å². The largest absolute Gasteiger partial charge is 0.356 e. The summed E-state index contributed by atoms with van der Waals surface area (Å²) in [4.78, 5) is 19.2. The average Bonchev–Trinajstić information content (AvgIpc) is 2.73. The second-order valence-corrected chi connectivity index (χ2v) is 9.26. The third-order valence-corrected chi connectivity index (χ3v) is 5.43. The van der Waals surface area contributed by atoms with Crippen LogP contribution in [0.3, 0.4) is 0 Å². The molecule has 6 nitrogen and oxygen atoms in total. The van der Waals surface area contributed by atoms with Crippen LogP contribution in [0.5, 0.6) is 0 Å². The maximum Gasteiger partial charge on any atom is 0.315 e. The molecule has 0 spiro atoms. The van der Waals surface area contributed by atoms with Crippen LogP contribution in [0.1, 0.15) is 57.2 Å². The van der Waals surface area contributed by atoms with Gasteiger partial charge < -0.3 is 15.5 Å². The van der Waals surface area contributed by atoms with Crippen molar-refractivity contribution in [2.45, 2.75) is 52.1 Å². The lowest BCUT2D eigenvalue weighted by atomic mass is 9.85. The van der Waals surface area contributed by atoms with E-state index in [4.69, 9.17) is 5.26 Å². The number of pyridine rings is 1. The van der Waals surface area contributed by atoms with Crippen molar-refractivity contribution in [3.05, 3.63) is 59.5 Å². The van der Waals surface area contributed by atoms with E-state index in [1.807, 2.05) is 6.07 Å². The predicted molar refractivity (Wildman–Crippen MR) is 119 cm³/mol. The van der Waals surface area contributed by atoms with Gasteiger partial charge in [-0.1, -0.05) is 32.9 Å². The standard InChI is InChI=1S/C24H30FN5O/c1-24(2,3)14-21(18-5-7-19(25)8-6-18)29-23(31)28-20-10-12-30(13-11-20)22-9-4-17(15-26)16-27-22/h4-9,16,20-21H,10-14H2,1-3H3,(H2,28,29,31). The number of hydrogen-bond acceptors (Lipinski definition) is 4. The van der Waals surface area contributed by atoms with E-state index < -0.39 is 0 Å². The first-order chi connectivity index (χ1) is 14.7. The molecular formula is C24H30FN5O. The van der Waals surface area contributed by atoms with E-state index >= 15 is 0 Å². The smallest absolute Gasteiger partial charge is 0.315 e. The summed E-state index contributed by atoms with van der Waals surface area (Å²) in [5.74, 6) is 0.565. The Morgan fingerprint density at radius 2 is 1.90 bits per heavy atom.